The van der Waals surface area contributed by atoms with Crippen LogP contribution in [0.1, 0.15) is 40.2 Å². The number of hydrogen-bond acceptors (Lipinski definition) is 5. The molecule has 32 heavy (non-hydrogen) atoms. The van der Waals surface area contributed by atoms with Crippen molar-refractivity contribution in [3.63, 3.8) is 0 Å². The number of aromatic nitrogens is 3. The molecule has 0 fully saturated rings. The summed E-state index contributed by atoms with van der Waals surface area (Å²) in [5, 5.41) is 7.93. The van der Waals surface area contributed by atoms with E-state index in [-0.39, 0.29) is 22.7 Å². The third-order valence-electron chi connectivity index (χ3n) is 4.90. The molecule has 0 aliphatic rings. The number of nitrogens with one attached hydrogen (secondary N) is 2. The highest BCUT2D eigenvalue weighted by atomic mass is 32.1. The number of aryl methyl sites for hydroxylation is 3. The maximum absolute atomic E-state index is 15.4. The summed E-state index contributed by atoms with van der Waals surface area (Å²) in [5.74, 6) is -0.415. The molecule has 4 rings (SSSR count). The van der Waals surface area contributed by atoms with Crippen LogP contribution in [0, 0.1) is 19.7 Å². The lowest BCUT2D eigenvalue weighted by Gasteiger charge is -2.15. The molecule has 0 spiro atoms. The number of hydrogen-bond donors (Lipinski definition) is 2. The van der Waals surface area contributed by atoms with Crippen molar-refractivity contribution in [3.8, 4) is 0 Å². The van der Waals surface area contributed by atoms with Crippen LogP contribution in [0.4, 0.5) is 15.9 Å². The summed E-state index contributed by atoms with van der Waals surface area (Å²) in [6, 6.07) is 7.62. The van der Waals surface area contributed by atoms with E-state index in [0.29, 0.717) is 17.9 Å². The third-order valence-corrected chi connectivity index (χ3v) is 5.84. The molecule has 8 heteroatoms. The number of nitrogens with zero attached hydrogens (tertiary/aromatic N) is 3. The number of carbonyl (C=O) groups excluding carboxylic acids is 1. The summed E-state index contributed by atoms with van der Waals surface area (Å²) in [5.41, 5.74) is 2.92. The molecule has 1 aromatic carbocycles. The van der Waals surface area contributed by atoms with Crippen molar-refractivity contribution >= 4 is 39.8 Å². The van der Waals surface area contributed by atoms with Gasteiger partial charge in [0.1, 0.15) is 11.3 Å². The van der Waals surface area contributed by atoms with Crippen LogP contribution < -0.4 is 10.6 Å². The molecule has 0 saturated heterocycles. The second-order valence-electron chi connectivity index (χ2n) is 7.22. The van der Waals surface area contributed by atoms with E-state index in [2.05, 4.69) is 20.6 Å². The molecule has 4 aromatic rings. The van der Waals surface area contributed by atoms with Gasteiger partial charge in [0.15, 0.2) is 5.82 Å². The Bertz CT molecular complexity index is 1220. The summed E-state index contributed by atoms with van der Waals surface area (Å²) in [4.78, 5) is 22.7. The molecule has 2 N–H and O–H groups in total. The van der Waals surface area contributed by atoms with E-state index < -0.39 is 5.82 Å². The number of imidazole rings is 1. The molecule has 0 unspecified atom stereocenters. The molecule has 0 aliphatic carbocycles. The Morgan fingerprint density at radius 2 is 2.00 bits per heavy atom. The van der Waals surface area contributed by atoms with Crippen LogP contribution in [0.15, 0.2) is 42.2 Å². The first-order valence-electron chi connectivity index (χ1n) is 10.6. The van der Waals surface area contributed by atoms with Crippen molar-refractivity contribution in [2.45, 2.75) is 34.1 Å². The maximum Gasteiger partial charge on any atom is 0.253 e. The maximum atomic E-state index is 15.4. The Labute approximate surface area is 191 Å². The Balaban J connectivity index is 0.00000141. The number of halogens is 1. The predicted octanol–water partition coefficient (Wildman–Crippen LogP) is 5.53. The molecule has 1 amide bonds. The van der Waals surface area contributed by atoms with Gasteiger partial charge in [0.05, 0.1) is 23.1 Å². The van der Waals surface area contributed by atoms with E-state index in [1.807, 2.05) is 51.3 Å². The first-order valence-corrected chi connectivity index (χ1v) is 11.5. The summed E-state index contributed by atoms with van der Waals surface area (Å²) in [6.07, 6.45) is 3.96. The van der Waals surface area contributed by atoms with E-state index in [1.165, 1.54) is 11.2 Å². The molecule has 0 bridgehead atoms. The van der Waals surface area contributed by atoms with Gasteiger partial charge in [-0.15, -0.1) is 11.3 Å². The van der Waals surface area contributed by atoms with Crippen LogP contribution in [0.25, 0.3) is 11.0 Å². The fourth-order valence-electron chi connectivity index (χ4n) is 3.34. The number of amides is 1. The zero-order valence-corrected chi connectivity index (χ0v) is 19.8. The molecule has 0 aliphatic heterocycles. The lowest BCUT2D eigenvalue weighted by molar-refractivity contribution is 0.0955. The number of rotatable bonds is 6. The van der Waals surface area contributed by atoms with Crippen molar-refractivity contribution in [1.82, 2.24) is 19.9 Å². The van der Waals surface area contributed by atoms with E-state index in [1.54, 1.807) is 35.2 Å². The van der Waals surface area contributed by atoms with Gasteiger partial charge < -0.3 is 15.2 Å². The minimum Gasteiger partial charge on any atom is -0.352 e. The van der Waals surface area contributed by atoms with Gasteiger partial charge in [-0.1, -0.05) is 26.0 Å². The summed E-state index contributed by atoms with van der Waals surface area (Å²) in [7, 11) is 1.77. The molecule has 0 saturated carbocycles. The summed E-state index contributed by atoms with van der Waals surface area (Å²) in [6.45, 7) is 8.29. The van der Waals surface area contributed by atoms with Crippen molar-refractivity contribution in [2.75, 3.05) is 11.9 Å². The first-order chi connectivity index (χ1) is 15.4. The molecule has 3 heterocycles. The van der Waals surface area contributed by atoms with Gasteiger partial charge >= 0.3 is 0 Å². The van der Waals surface area contributed by atoms with Gasteiger partial charge in [-0.3, -0.25) is 4.79 Å². The van der Waals surface area contributed by atoms with Crippen LogP contribution >= 0.6 is 11.3 Å². The molecule has 0 radical (unpaired) electrons. The number of thiophene rings is 1. The molecule has 6 nitrogen and oxygen atoms in total. The highest BCUT2D eigenvalue weighted by Gasteiger charge is 2.22. The van der Waals surface area contributed by atoms with Crippen molar-refractivity contribution in [2.24, 2.45) is 7.05 Å². The Morgan fingerprint density at radius 3 is 2.69 bits per heavy atom. The fraction of sp³-hybridized carbons (Fsp3) is 0.292. The average Bonchev–Trinajstić information content (AvgIpc) is 3.43. The Hall–Kier alpha value is -3.26. The third kappa shape index (κ3) is 4.96. The fourth-order valence-corrected chi connectivity index (χ4v) is 4.05. The minimum absolute atomic E-state index is 0.0780. The first kappa shape index (κ1) is 23.4. The number of carbonyl (C=O) groups is 1. The quantitative estimate of drug-likeness (QED) is 0.403. The molecule has 0 atom stereocenters. The highest BCUT2D eigenvalue weighted by molar-refractivity contribution is 7.09. The zero-order chi connectivity index (χ0) is 23.3. The second-order valence-corrected chi connectivity index (χ2v) is 8.26. The number of anilines is 2. The molecular formula is C24H28FN5OS. The van der Waals surface area contributed by atoms with E-state index in [9.17, 15) is 4.79 Å². The van der Waals surface area contributed by atoms with Crippen LogP contribution in [0.3, 0.4) is 0 Å². The lowest BCUT2D eigenvalue weighted by atomic mass is 10.1. The predicted molar refractivity (Wildman–Crippen MR) is 129 cm³/mol. The lowest BCUT2D eigenvalue weighted by Crippen LogP contribution is -2.26. The molecular weight excluding hydrogens is 425 g/mol. The second kappa shape index (κ2) is 10.4. The normalized spacial score (nSPS) is 10.6. The topological polar surface area (TPSA) is 71.8 Å². The van der Waals surface area contributed by atoms with Crippen LogP contribution in [0.5, 0.6) is 0 Å². The van der Waals surface area contributed by atoms with Gasteiger partial charge in [-0.05, 0) is 48.9 Å². The Kier molecular flexibility index (Phi) is 7.58. The van der Waals surface area contributed by atoms with E-state index in [0.717, 1.165) is 17.5 Å². The van der Waals surface area contributed by atoms with Crippen molar-refractivity contribution in [1.29, 1.82) is 0 Å². The van der Waals surface area contributed by atoms with Gasteiger partial charge in [0.25, 0.3) is 5.91 Å². The van der Waals surface area contributed by atoms with Crippen molar-refractivity contribution in [3.05, 3.63) is 69.6 Å². The molecule has 3 aromatic heterocycles. The van der Waals surface area contributed by atoms with Crippen LogP contribution in [-0.4, -0.2) is 27.0 Å². The largest absolute Gasteiger partial charge is 0.352 e. The molecule has 168 valence electrons. The van der Waals surface area contributed by atoms with Gasteiger partial charge in [-0.2, -0.15) is 0 Å². The Morgan fingerprint density at radius 1 is 1.22 bits per heavy atom. The summed E-state index contributed by atoms with van der Waals surface area (Å²) >= 11 is 1.64. The van der Waals surface area contributed by atoms with E-state index in [4.69, 9.17) is 0 Å². The standard InChI is InChI=1S/C22H22FN5OS.C2H6/c1-13-9-14(2)21(25-11-13)27-19-16(10-17-20(18(19)23)26-12-28(17)3)22(29)24-7-6-15-5-4-8-30-15;1-2/h4-5,8-12H,6-7H2,1-3H3,(H,24,29)(H,25,27);1-2H3. The van der Waals surface area contributed by atoms with Crippen LogP contribution in [0.2, 0.25) is 0 Å². The van der Waals surface area contributed by atoms with Gasteiger partial charge in [0, 0.05) is 24.7 Å². The van der Waals surface area contributed by atoms with Gasteiger partial charge in [0.2, 0.25) is 0 Å². The average molecular weight is 454 g/mol. The summed E-state index contributed by atoms with van der Waals surface area (Å²) < 4.78 is 17.1. The van der Waals surface area contributed by atoms with E-state index >= 15 is 4.39 Å². The number of pyridine rings is 1. The van der Waals surface area contributed by atoms with Gasteiger partial charge in [-0.25, -0.2) is 14.4 Å². The van der Waals surface area contributed by atoms with Crippen LogP contribution in [-0.2, 0) is 13.5 Å². The number of benzene rings is 1. The highest BCUT2D eigenvalue weighted by Crippen LogP contribution is 2.31. The smallest absolute Gasteiger partial charge is 0.253 e. The van der Waals surface area contributed by atoms with Crippen molar-refractivity contribution < 1.29 is 9.18 Å². The SMILES string of the molecule is CC.Cc1cnc(Nc2c(C(=O)NCCc3cccs3)cc3c(ncn3C)c2F)c(C)c1. The zero-order valence-electron chi connectivity index (χ0n) is 19.0. The number of fused-ring (bicyclic) bond motifs is 1. The minimum atomic E-state index is -0.571. The monoisotopic (exact) mass is 453 g/mol.